The predicted octanol–water partition coefficient (Wildman–Crippen LogP) is 3.63. The Hall–Kier alpha value is -2.97. The van der Waals surface area contributed by atoms with Gasteiger partial charge in [0.05, 0.1) is 29.3 Å². The number of piperazine rings is 1. The van der Waals surface area contributed by atoms with E-state index in [0.29, 0.717) is 19.1 Å². The second kappa shape index (κ2) is 10.1. The first-order chi connectivity index (χ1) is 16.6. The Morgan fingerprint density at radius 1 is 1.12 bits per heavy atom. The number of hydrogen-bond acceptors (Lipinski definition) is 5. The molecule has 3 aromatic rings. The van der Waals surface area contributed by atoms with Gasteiger partial charge in [0.15, 0.2) is 0 Å². The lowest BCUT2D eigenvalue weighted by molar-refractivity contribution is 0.104. The van der Waals surface area contributed by atoms with Gasteiger partial charge in [0.1, 0.15) is 5.82 Å². The van der Waals surface area contributed by atoms with E-state index in [1.165, 1.54) is 28.1 Å². The average Bonchev–Trinajstić information content (AvgIpc) is 3.21. The van der Waals surface area contributed by atoms with Crippen molar-refractivity contribution in [3.63, 3.8) is 0 Å². The summed E-state index contributed by atoms with van der Waals surface area (Å²) in [6.07, 6.45) is 5.55. The first kappa shape index (κ1) is 22.8. The first-order valence-corrected chi connectivity index (χ1v) is 12.4. The number of amides is 1. The number of aryl methyl sites for hydroxylation is 2. The van der Waals surface area contributed by atoms with Crippen molar-refractivity contribution in [1.82, 2.24) is 29.2 Å². The molecule has 2 aromatic heterocycles. The summed E-state index contributed by atoms with van der Waals surface area (Å²) in [5.41, 5.74) is 4.83. The highest BCUT2D eigenvalue weighted by Crippen LogP contribution is 2.33. The van der Waals surface area contributed by atoms with Crippen LogP contribution in [0.3, 0.4) is 0 Å². The van der Waals surface area contributed by atoms with Gasteiger partial charge >= 0.3 is 6.09 Å². The van der Waals surface area contributed by atoms with Gasteiger partial charge in [-0.3, -0.25) is 14.8 Å². The van der Waals surface area contributed by atoms with Gasteiger partial charge in [-0.1, -0.05) is 18.2 Å². The third-order valence-electron chi connectivity index (χ3n) is 7.32. The van der Waals surface area contributed by atoms with E-state index in [1.54, 1.807) is 0 Å². The molecule has 1 amide bonds. The molecule has 1 aromatic carbocycles. The molecular weight excluding hydrogens is 428 g/mol. The van der Waals surface area contributed by atoms with Crippen LogP contribution >= 0.6 is 0 Å². The largest absolute Gasteiger partial charge is 0.465 e. The fourth-order valence-electron chi connectivity index (χ4n) is 5.46. The number of fused-ring (bicyclic) bond motifs is 2. The van der Waals surface area contributed by atoms with Crippen LogP contribution in [0.2, 0.25) is 0 Å². The van der Waals surface area contributed by atoms with Crippen molar-refractivity contribution in [1.29, 1.82) is 0 Å². The third kappa shape index (κ3) is 4.79. The Labute approximate surface area is 200 Å². The van der Waals surface area contributed by atoms with E-state index in [0.717, 1.165) is 63.3 Å². The summed E-state index contributed by atoms with van der Waals surface area (Å²) in [5.74, 6) is 1.10. The quantitative estimate of drug-likeness (QED) is 0.578. The van der Waals surface area contributed by atoms with E-state index in [9.17, 15) is 4.79 Å². The molecule has 8 heteroatoms. The van der Waals surface area contributed by atoms with Crippen molar-refractivity contribution >= 4 is 17.1 Å². The number of nitrogens with zero attached hydrogens (tertiary/aromatic N) is 6. The van der Waals surface area contributed by atoms with Gasteiger partial charge in [-0.05, 0) is 63.0 Å². The van der Waals surface area contributed by atoms with Crippen molar-refractivity contribution in [2.75, 3.05) is 39.8 Å². The Bertz CT molecular complexity index is 1140. The van der Waals surface area contributed by atoms with Crippen LogP contribution in [-0.4, -0.2) is 80.2 Å². The molecule has 5 rings (SSSR count). The summed E-state index contributed by atoms with van der Waals surface area (Å²) >= 11 is 0. The molecular formula is C26H34N6O2. The van der Waals surface area contributed by atoms with Crippen LogP contribution in [0.15, 0.2) is 42.6 Å². The Morgan fingerprint density at radius 2 is 1.94 bits per heavy atom. The number of para-hydroxylation sites is 2. The van der Waals surface area contributed by atoms with Crippen LogP contribution in [0.5, 0.6) is 0 Å². The Kier molecular flexibility index (Phi) is 6.78. The monoisotopic (exact) mass is 462 g/mol. The van der Waals surface area contributed by atoms with Crippen LogP contribution in [0.25, 0.3) is 11.0 Å². The number of imidazole rings is 1. The average molecular weight is 463 g/mol. The SMILES string of the molecule is CN(Cc1nc2ccccc2n1CCCN1CCN(C(=O)O)CC1)C1CCCc2cccnc21. The number of benzene rings is 1. The van der Waals surface area contributed by atoms with Crippen LogP contribution in [0.1, 0.15) is 42.4 Å². The number of pyridine rings is 1. The highest BCUT2D eigenvalue weighted by Gasteiger charge is 2.26. The first-order valence-electron chi connectivity index (χ1n) is 12.4. The van der Waals surface area contributed by atoms with Gasteiger partial charge < -0.3 is 14.6 Å². The van der Waals surface area contributed by atoms with E-state index in [2.05, 4.69) is 51.7 Å². The molecule has 1 aliphatic heterocycles. The number of rotatable bonds is 7. The fraction of sp³-hybridized carbons (Fsp3) is 0.500. The summed E-state index contributed by atoms with van der Waals surface area (Å²) in [6.45, 7) is 5.46. The molecule has 0 bridgehead atoms. The number of carbonyl (C=O) groups is 1. The number of carboxylic acid groups (broad SMARTS) is 1. The molecule has 1 saturated heterocycles. The summed E-state index contributed by atoms with van der Waals surface area (Å²) in [4.78, 5) is 27.2. The van der Waals surface area contributed by atoms with E-state index in [-0.39, 0.29) is 0 Å². The van der Waals surface area contributed by atoms with Crippen molar-refractivity contribution in [2.24, 2.45) is 0 Å². The van der Waals surface area contributed by atoms with E-state index >= 15 is 0 Å². The maximum atomic E-state index is 11.2. The van der Waals surface area contributed by atoms with E-state index in [1.807, 2.05) is 12.3 Å². The molecule has 1 atom stereocenters. The minimum Gasteiger partial charge on any atom is -0.465 e. The van der Waals surface area contributed by atoms with Crippen LogP contribution in [-0.2, 0) is 19.5 Å². The molecule has 180 valence electrons. The van der Waals surface area contributed by atoms with Crippen LogP contribution < -0.4 is 0 Å². The molecule has 1 fully saturated rings. The van der Waals surface area contributed by atoms with Gasteiger partial charge in [-0.25, -0.2) is 9.78 Å². The molecule has 0 spiro atoms. The van der Waals surface area contributed by atoms with E-state index in [4.69, 9.17) is 15.1 Å². The topological polar surface area (TPSA) is 77.7 Å². The summed E-state index contributed by atoms with van der Waals surface area (Å²) in [6, 6.07) is 13.0. The molecule has 8 nitrogen and oxygen atoms in total. The predicted molar refractivity (Wildman–Crippen MR) is 132 cm³/mol. The lowest BCUT2D eigenvalue weighted by atomic mass is 9.91. The van der Waals surface area contributed by atoms with Gasteiger partial charge in [-0.15, -0.1) is 0 Å². The molecule has 1 unspecified atom stereocenters. The molecule has 34 heavy (non-hydrogen) atoms. The van der Waals surface area contributed by atoms with Gasteiger partial charge in [0.2, 0.25) is 0 Å². The highest BCUT2D eigenvalue weighted by atomic mass is 16.4. The maximum absolute atomic E-state index is 11.2. The smallest absolute Gasteiger partial charge is 0.407 e. The van der Waals surface area contributed by atoms with Crippen LogP contribution in [0, 0.1) is 0 Å². The zero-order valence-corrected chi connectivity index (χ0v) is 19.9. The van der Waals surface area contributed by atoms with E-state index < -0.39 is 6.09 Å². The zero-order valence-electron chi connectivity index (χ0n) is 19.9. The zero-order chi connectivity index (χ0) is 23.5. The Balaban J connectivity index is 1.28. The standard InChI is InChI=1S/C26H34N6O2/c1-29(23-11-4-7-20-8-5-12-27-25(20)23)19-24-28-21-9-2-3-10-22(21)32(24)14-6-13-30-15-17-31(18-16-30)26(33)34/h2-3,5,8-10,12,23H,4,6-7,11,13-19H2,1H3,(H,33,34). The van der Waals surface area contributed by atoms with Crippen LogP contribution in [0.4, 0.5) is 4.79 Å². The lowest BCUT2D eigenvalue weighted by Crippen LogP contribution is -2.48. The fourth-order valence-corrected chi connectivity index (χ4v) is 5.46. The normalized spacial score (nSPS) is 19.0. The number of hydrogen-bond donors (Lipinski definition) is 1. The summed E-state index contributed by atoms with van der Waals surface area (Å²) < 4.78 is 2.38. The van der Waals surface area contributed by atoms with Gasteiger partial charge in [0, 0.05) is 38.9 Å². The molecule has 1 aliphatic carbocycles. The lowest BCUT2D eigenvalue weighted by Gasteiger charge is -2.33. The van der Waals surface area contributed by atoms with Gasteiger partial charge in [-0.2, -0.15) is 0 Å². The van der Waals surface area contributed by atoms with Crippen molar-refractivity contribution < 1.29 is 9.90 Å². The molecule has 0 radical (unpaired) electrons. The molecule has 0 saturated carbocycles. The third-order valence-corrected chi connectivity index (χ3v) is 7.32. The number of aromatic nitrogens is 3. The minimum atomic E-state index is -0.811. The van der Waals surface area contributed by atoms with Crippen molar-refractivity contribution in [2.45, 2.75) is 44.8 Å². The molecule has 2 aliphatic rings. The molecule has 1 N–H and O–H groups in total. The summed E-state index contributed by atoms with van der Waals surface area (Å²) in [7, 11) is 2.19. The maximum Gasteiger partial charge on any atom is 0.407 e. The van der Waals surface area contributed by atoms with Gasteiger partial charge in [0.25, 0.3) is 0 Å². The highest BCUT2D eigenvalue weighted by molar-refractivity contribution is 5.75. The summed E-state index contributed by atoms with van der Waals surface area (Å²) in [5, 5.41) is 9.17. The van der Waals surface area contributed by atoms with Crippen molar-refractivity contribution in [3.05, 3.63) is 59.7 Å². The molecule has 3 heterocycles. The second-order valence-electron chi connectivity index (χ2n) is 9.50. The minimum absolute atomic E-state index is 0.323. The second-order valence-corrected chi connectivity index (χ2v) is 9.50. The van der Waals surface area contributed by atoms with Crippen molar-refractivity contribution in [3.8, 4) is 0 Å². The Morgan fingerprint density at radius 3 is 2.76 bits per heavy atom.